The average molecular weight is 290 g/mol. The van der Waals surface area contributed by atoms with Crippen LogP contribution in [0.15, 0.2) is 0 Å². The van der Waals surface area contributed by atoms with E-state index < -0.39 is 11.9 Å². The maximum atomic E-state index is 12.1. The molecule has 0 radical (unpaired) electrons. The lowest BCUT2D eigenvalue weighted by molar-refractivity contribution is -0.142. The molecule has 0 aromatic rings. The molecule has 7 heteroatoms. The van der Waals surface area contributed by atoms with E-state index in [0.717, 1.165) is 0 Å². The summed E-state index contributed by atoms with van der Waals surface area (Å²) in [6.07, 6.45) is 1.99. The maximum absolute atomic E-state index is 12.1. The lowest BCUT2D eigenvalue weighted by atomic mass is 10.0. The second-order valence-corrected chi connectivity index (χ2v) is 5.84. The Kier molecular flexibility index (Phi) is 6.44. The number of carboxylic acid groups (broad SMARTS) is 1. The molecule has 1 heterocycles. The third-order valence-electron chi connectivity index (χ3n) is 3.31. The van der Waals surface area contributed by atoms with E-state index in [-0.39, 0.29) is 25.3 Å². The minimum atomic E-state index is -0.911. The van der Waals surface area contributed by atoms with E-state index in [1.807, 2.05) is 20.1 Å². The number of likely N-dealkylation sites (N-methyl/N-ethyl adjacent to an activating group) is 1. The number of hydrogen-bond acceptors (Lipinski definition) is 4. The number of hydrogen-bond donors (Lipinski definition) is 2. The van der Waals surface area contributed by atoms with E-state index in [0.29, 0.717) is 18.3 Å². The minimum absolute atomic E-state index is 0.172. The standard InChI is InChI=1S/C12H22N2O4S/c1-4-14(12(17)13-5-8(2)19-3)10-7-18-6-9(10)11(15)16/h8-10H,4-7H2,1-3H3,(H,13,17)(H,15,16). The highest BCUT2D eigenvalue weighted by molar-refractivity contribution is 7.99. The van der Waals surface area contributed by atoms with Crippen molar-refractivity contribution in [1.82, 2.24) is 10.2 Å². The number of carboxylic acids is 1. The molecule has 3 unspecified atom stereocenters. The first-order valence-electron chi connectivity index (χ1n) is 6.39. The van der Waals surface area contributed by atoms with Gasteiger partial charge in [-0.1, -0.05) is 6.92 Å². The highest BCUT2D eigenvalue weighted by atomic mass is 32.2. The van der Waals surface area contributed by atoms with Gasteiger partial charge >= 0.3 is 12.0 Å². The van der Waals surface area contributed by atoms with Gasteiger partial charge in [-0.3, -0.25) is 4.79 Å². The topological polar surface area (TPSA) is 78.9 Å². The van der Waals surface area contributed by atoms with Crippen LogP contribution in [-0.4, -0.2) is 65.9 Å². The van der Waals surface area contributed by atoms with Crippen molar-refractivity contribution in [3.05, 3.63) is 0 Å². The molecule has 0 saturated carbocycles. The van der Waals surface area contributed by atoms with Gasteiger partial charge in [0.25, 0.3) is 0 Å². The highest BCUT2D eigenvalue weighted by Gasteiger charge is 2.39. The molecule has 3 atom stereocenters. The van der Waals surface area contributed by atoms with Crippen LogP contribution in [0.1, 0.15) is 13.8 Å². The van der Waals surface area contributed by atoms with Crippen LogP contribution in [0.5, 0.6) is 0 Å². The molecule has 1 saturated heterocycles. The SMILES string of the molecule is CCN(C(=O)NCC(C)SC)C1COCC1C(=O)O. The lowest BCUT2D eigenvalue weighted by Crippen LogP contribution is -2.51. The Bertz CT molecular complexity index is 327. The zero-order valence-corrected chi connectivity index (χ0v) is 12.4. The number of amides is 2. The van der Waals surface area contributed by atoms with Crippen LogP contribution in [0.4, 0.5) is 4.79 Å². The maximum Gasteiger partial charge on any atom is 0.317 e. The number of ether oxygens (including phenoxy) is 1. The van der Waals surface area contributed by atoms with Gasteiger partial charge in [-0.2, -0.15) is 11.8 Å². The van der Waals surface area contributed by atoms with Crippen LogP contribution in [-0.2, 0) is 9.53 Å². The van der Waals surface area contributed by atoms with Gasteiger partial charge in [0.15, 0.2) is 0 Å². The van der Waals surface area contributed by atoms with Gasteiger partial charge < -0.3 is 20.1 Å². The fourth-order valence-corrected chi connectivity index (χ4v) is 2.28. The number of nitrogens with zero attached hydrogens (tertiary/aromatic N) is 1. The van der Waals surface area contributed by atoms with Gasteiger partial charge in [0.2, 0.25) is 0 Å². The fourth-order valence-electron chi connectivity index (χ4n) is 2.03. The Morgan fingerprint density at radius 3 is 2.74 bits per heavy atom. The molecule has 6 nitrogen and oxygen atoms in total. The van der Waals surface area contributed by atoms with Crippen molar-refractivity contribution in [2.45, 2.75) is 25.1 Å². The van der Waals surface area contributed by atoms with Gasteiger partial charge in [-0.15, -0.1) is 0 Å². The molecule has 1 fully saturated rings. The van der Waals surface area contributed by atoms with Crippen molar-refractivity contribution in [2.24, 2.45) is 5.92 Å². The summed E-state index contributed by atoms with van der Waals surface area (Å²) in [5.74, 6) is -1.55. The second kappa shape index (κ2) is 7.59. The molecule has 1 rings (SSSR count). The molecule has 1 aliphatic heterocycles. The number of carbonyl (C=O) groups is 2. The molecule has 19 heavy (non-hydrogen) atoms. The van der Waals surface area contributed by atoms with Crippen molar-refractivity contribution in [1.29, 1.82) is 0 Å². The summed E-state index contributed by atoms with van der Waals surface area (Å²) in [5.41, 5.74) is 0. The summed E-state index contributed by atoms with van der Waals surface area (Å²) < 4.78 is 5.20. The Balaban J connectivity index is 2.61. The molecule has 0 aromatic carbocycles. The van der Waals surface area contributed by atoms with Crippen LogP contribution < -0.4 is 5.32 Å². The van der Waals surface area contributed by atoms with E-state index in [1.54, 1.807) is 16.7 Å². The number of aliphatic carboxylic acids is 1. The molecule has 110 valence electrons. The van der Waals surface area contributed by atoms with Gasteiger partial charge in [-0.25, -0.2) is 4.79 Å². The minimum Gasteiger partial charge on any atom is -0.481 e. The molecule has 0 aliphatic carbocycles. The Hall–Kier alpha value is -0.950. The van der Waals surface area contributed by atoms with E-state index >= 15 is 0 Å². The van der Waals surface area contributed by atoms with E-state index in [4.69, 9.17) is 9.84 Å². The van der Waals surface area contributed by atoms with Gasteiger partial charge in [0.1, 0.15) is 5.92 Å². The first kappa shape index (κ1) is 16.1. The summed E-state index contributed by atoms with van der Waals surface area (Å²) in [6.45, 7) is 5.37. The molecule has 0 aromatic heterocycles. The highest BCUT2D eigenvalue weighted by Crippen LogP contribution is 2.20. The van der Waals surface area contributed by atoms with Crippen LogP contribution in [0.25, 0.3) is 0 Å². The second-order valence-electron chi connectivity index (χ2n) is 4.57. The number of urea groups is 1. The summed E-state index contributed by atoms with van der Waals surface area (Å²) in [7, 11) is 0. The summed E-state index contributed by atoms with van der Waals surface area (Å²) in [6, 6.07) is -0.600. The average Bonchev–Trinajstić information content (AvgIpc) is 2.86. The van der Waals surface area contributed by atoms with Crippen LogP contribution in [0.3, 0.4) is 0 Å². The van der Waals surface area contributed by atoms with Gasteiger partial charge in [-0.05, 0) is 13.2 Å². The predicted octanol–water partition coefficient (Wildman–Crippen LogP) is 0.869. The normalized spacial score (nSPS) is 23.9. The zero-order valence-electron chi connectivity index (χ0n) is 11.6. The number of rotatable bonds is 6. The van der Waals surface area contributed by atoms with E-state index in [1.165, 1.54) is 0 Å². The predicted molar refractivity (Wildman–Crippen MR) is 74.5 cm³/mol. The summed E-state index contributed by atoms with van der Waals surface area (Å²) in [4.78, 5) is 24.8. The van der Waals surface area contributed by atoms with E-state index in [2.05, 4.69) is 5.32 Å². The number of nitrogens with one attached hydrogen (secondary N) is 1. The Morgan fingerprint density at radius 2 is 2.21 bits per heavy atom. The molecule has 1 aliphatic rings. The Morgan fingerprint density at radius 1 is 1.53 bits per heavy atom. The molecular formula is C12H22N2O4S. The number of thioether (sulfide) groups is 1. The third-order valence-corrected chi connectivity index (χ3v) is 4.28. The first-order valence-corrected chi connectivity index (χ1v) is 7.67. The molecule has 0 bridgehead atoms. The third kappa shape index (κ3) is 4.28. The van der Waals surface area contributed by atoms with Crippen molar-refractivity contribution in [3.8, 4) is 0 Å². The van der Waals surface area contributed by atoms with Crippen molar-refractivity contribution >= 4 is 23.8 Å². The lowest BCUT2D eigenvalue weighted by Gasteiger charge is -2.29. The molecule has 2 amide bonds. The largest absolute Gasteiger partial charge is 0.481 e. The molecule has 2 N–H and O–H groups in total. The van der Waals surface area contributed by atoms with Crippen LogP contribution in [0, 0.1) is 5.92 Å². The smallest absolute Gasteiger partial charge is 0.317 e. The van der Waals surface area contributed by atoms with Gasteiger partial charge in [0.05, 0.1) is 19.3 Å². The fraction of sp³-hybridized carbons (Fsp3) is 0.833. The first-order chi connectivity index (χ1) is 9.01. The van der Waals surface area contributed by atoms with Crippen molar-refractivity contribution in [3.63, 3.8) is 0 Å². The molecule has 0 spiro atoms. The zero-order chi connectivity index (χ0) is 14.4. The van der Waals surface area contributed by atoms with Gasteiger partial charge in [0, 0.05) is 18.3 Å². The van der Waals surface area contributed by atoms with Crippen molar-refractivity contribution < 1.29 is 19.4 Å². The molecular weight excluding hydrogens is 268 g/mol. The summed E-state index contributed by atoms with van der Waals surface area (Å²) >= 11 is 1.67. The Labute approximate surface area is 117 Å². The monoisotopic (exact) mass is 290 g/mol. The van der Waals surface area contributed by atoms with Crippen LogP contribution >= 0.6 is 11.8 Å². The van der Waals surface area contributed by atoms with Crippen LogP contribution in [0.2, 0.25) is 0 Å². The summed E-state index contributed by atoms with van der Waals surface area (Å²) in [5, 5.41) is 12.3. The number of carbonyl (C=O) groups excluding carboxylic acids is 1. The van der Waals surface area contributed by atoms with E-state index in [9.17, 15) is 9.59 Å². The van der Waals surface area contributed by atoms with Crippen molar-refractivity contribution in [2.75, 3.05) is 32.6 Å². The quantitative estimate of drug-likeness (QED) is 0.759.